The molecule has 3 aromatic rings. The number of nitrogens with zero attached hydrogens (tertiary/aromatic N) is 3. The van der Waals surface area contributed by atoms with Crippen LogP contribution in [0.1, 0.15) is 11.4 Å². The van der Waals surface area contributed by atoms with E-state index in [-0.39, 0.29) is 11.6 Å². The lowest BCUT2D eigenvalue weighted by molar-refractivity contribution is 0.251. The third kappa shape index (κ3) is 3.71. The lowest BCUT2D eigenvalue weighted by Gasteiger charge is -2.07. The summed E-state index contributed by atoms with van der Waals surface area (Å²) in [4.78, 5) is 17.2. The first-order chi connectivity index (χ1) is 11.7. The average Bonchev–Trinajstić information content (AvgIpc) is 3.24. The Labute approximate surface area is 146 Å². The van der Waals surface area contributed by atoms with Gasteiger partial charge in [-0.3, -0.25) is 5.10 Å². The molecule has 0 unspecified atom stereocenters. The average molecular weight is 359 g/mol. The Morgan fingerprint density at radius 1 is 1.42 bits per heavy atom. The number of benzene rings is 1. The second-order valence-corrected chi connectivity index (χ2v) is 6.05. The molecule has 0 atom stereocenters. The summed E-state index contributed by atoms with van der Waals surface area (Å²) in [7, 11) is 0. The van der Waals surface area contributed by atoms with Crippen molar-refractivity contribution in [2.75, 3.05) is 5.32 Å². The van der Waals surface area contributed by atoms with Crippen molar-refractivity contribution < 1.29 is 4.79 Å². The molecule has 0 spiro atoms. The van der Waals surface area contributed by atoms with Gasteiger partial charge in [0, 0.05) is 5.69 Å². The van der Waals surface area contributed by atoms with E-state index in [0.29, 0.717) is 22.9 Å². The SMILES string of the molecule is N#Cc1ccc(NC(=O)NCc2nc(-c3cccs3)n[nH]2)cc1Cl. The predicted molar refractivity (Wildman–Crippen MR) is 91.7 cm³/mol. The van der Waals surface area contributed by atoms with E-state index in [9.17, 15) is 4.79 Å². The topological polar surface area (TPSA) is 106 Å². The summed E-state index contributed by atoms with van der Waals surface area (Å²) >= 11 is 7.46. The van der Waals surface area contributed by atoms with Gasteiger partial charge in [-0.05, 0) is 29.6 Å². The van der Waals surface area contributed by atoms with Gasteiger partial charge in [-0.25, -0.2) is 9.78 Å². The van der Waals surface area contributed by atoms with E-state index in [1.807, 2.05) is 23.6 Å². The first-order valence-corrected chi connectivity index (χ1v) is 8.11. The molecular formula is C15H11ClN6OS. The van der Waals surface area contributed by atoms with Gasteiger partial charge in [-0.15, -0.1) is 11.3 Å². The van der Waals surface area contributed by atoms with E-state index in [1.54, 1.807) is 12.1 Å². The van der Waals surface area contributed by atoms with Gasteiger partial charge in [0.1, 0.15) is 11.9 Å². The molecule has 2 aromatic heterocycles. The number of aromatic nitrogens is 3. The maximum atomic E-state index is 11.9. The normalized spacial score (nSPS) is 10.2. The lowest BCUT2D eigenvalue weighted by atomic mass is 10.2. The maximum Gasteiger partial charge on any atom is 0.319 e. The first-order valence-electron chi connectivity index (χ1n) is 6.85. The predicted octanol–water partition coefficient (Wildman–Crippen LogP) is 3.38. The third-order valence-corrected chi connectivity index (χ3v) is 4.22. The Balaban J connectivity index is 1.56. The van der Waals surface area contributed by atoms with Crippen LogP contribution in [0.5, 0.6) is 0 Å². The molecule has 0 bridgehead atoms. The minimum atomic E-state index is -0.412. The second-order valence-electron chi connectivity index (χ2n) is 4.70. The van der Waals surface area contributed by atoms with Crippen molar-refractivity contribution in [1.29, 1.82) is 5.26 Å². The number of aromatic amines is 1. The Kier molecular flexibility index (Phi) is 4.74. The van der Waals surface area contributed by atoms with E-state index in [2.05, 4.69) is 25.8 Å². The van der Waals surface area contributed by atoms with Crippen LogP contribution in [0.25, 0.3) is 10.7 Å². The number of thiophene rings is 1. The zero-order chi connectivity index (χ0) is 16.9. The quantitative estimate of drug-likeness (QED) is 0.664. The zero-order valence-corrected chi connectivity index (χ0v) is 13.8. The fourth-order valence-electron chi connectivity index (χ4n) is 1.91. The van der Waals surface area contributed by atoms with Gasteiger partial charge in [0.2, 0.25) is 0 Å². The number of urea groups is 1. The van der Waals surface area contributed by atoms with E-state index in [4.69, 9.17) is 16.9 Å². The summed E-state index contributed by atoms with van der Waals surface area (Å²) in [6.45, 7) is 0.203. The summed E-state index contributed by atoms with van der Waals surface area (Å²) in [6.07, 6.45) is 0. The van der Waals surface area contributed by atoms with Gasteiger partial charge in [-0.2, -0.15) is 10.4 Å². The van der Waals surface area contributed by atoms with Crippen LogP contribution in [-0.2, 0) is 6.54 Å². The van der Waals surface area contributed by atoms with Crippen molar-refractivity contribution in [3.8, 4) is 16.8 Å². The summed E-state index contributed by atoms with van der Waals surface area (Å²) in [5.41, 5.74) is 0.846. The van der Waals surface area contributed by atoms with Crippen molar-refractivity contribution in [3.05, 3.63) is 52.1 Å². The fraction of sp³-hybridized carbons (Fsp3) is 0.0667. The van der Waals surface area contributed by atoms with Crippen molar-refractivity contribution in [1.82, 2.24) is 20.5 Å². The van der Waals surface area contributed by atoms with E-state index in [0.717, 1.165) is 4.88 Å². The number of carbonyl (C=O) groups excluding carboxylic acids is 1. The molecule has 120 valence electrons. The van der Waals surface area contributed by atoms with Gasteiger partial charge in [0.15, 0.2) is 5.82 Å². The summed E-state index contributed by atoms with van der Waals surface area (Å²) in [6, 6.07) is 10.1. The molecule has 0 radical (unpaired) electrons. The molecule has 0 saturated heterocycles. The number of halogens is 1. The fourth-order valence-corrected chi connectivity index (χ4v) is 2.79. The van der Waals surface area contributed by atoms with Gasteiger partial charge in [-0.1, -0.05) is 17.7 Å². The van der Waals surface area contributed by atoms with Gasteiger partial charge < -0.3 is 10.6 Å². The van der Waals surface area contributed by atoms with Gasteiger partial charge >= 0.3 is 6.03 Å². The van der Waals surface area contributed by atoms with Crippen LogP contribution in [-0.4, -0.2) is 21.2 Å². The number of nitriles is 1. The number of hydrogen-bond donors (Lipinski definition) is 3. The Morgan fingerprint density at radius 3 is 3.00 bits per heavy atom. The third-order valence-electron chi connectivity index (χ3n) is 3.04. The lowest BCUT2D eigenvalue weighted by Crippen LogP contribution is -2.28. The maximum absolute atomic E-state index is 11.9. The highest BCUT2D eigenvalue weighted by atomic mass is 35.5. The number of H-pyrrole nitrogens is 1. The molecule has 0 aliphatic carbocycles. The monoisotopic (exact) mass is 358 g/mol. The Hall–Kier alpha value is -2.89. The molecule has 1 aromatic carbocycles. The number of carbonyl (C=O) groups is 1. The number of amides is 2. The smallest absolute Gasteiger partial charge is 0.319 e. The highest BCUT2D eigenvalue weighted by Gasteiger charge is 2.09. The van der Waals surface area contributed by atoms with Crippen molar-refractivity contribution in [2.24, 2.45) is 0 Å². The molecule has 0 fully saturated rings. The van der Waals surface area contributed by atoms with Crippen LogP contribution >= 0.6 is 22.9 Å². The molecule has 9 heteroatoms. The molecule has 0 aliphatic heterocycles. The standard InChI is InChI=1S/C15H11ClN6OS/c16-11-6-10(4-3-9(11)7-17)19-15(23)18-8-13-20-14(22-21-13)12-2-1-5-24-12/h1-6H,8H2,(H2,18,19,23)(H,20,21,22). The molecule has 2 amide bonds. The Bertz CT molecular complexity index is 899. The number of hydrogen-bond acceptors (Lipinski definition) is 5. The molecule has 3 rings (SSSR count). The van der Waals surface area contributed by atoms with Crippen LogP contribution in [0.15, 0.2) is 35.7 Å². The first kappa shape index (κ1) is 16.0. The van der Waals surface area contributed by atoms with E-state index in [1.165, 1.54) is 17.4 Å². The molecule has 3 N–H and O–H groups in total. The van der Waals surface area contributed by atoms with Crippen molar-refractivity contribution >= 4 is 34.7 Å². The minimum absolute atomic E-state index is 0.203. The second kappa shape index (κ2) is 7.12. The minimum Gasteiger partial charge on any atom is -0.331 e. The molecule has 7 nitrogen and oxygen atoms in total. The zero-order valence-electron chi connectivity index (χ0n) is 12.2. The molecule has 2 heterocycles. The van der Waals surface area contributed by atoms with E-state index >= 15 is 0 Å². The summed E-state index contributed by atoms with van der Waals surface area (Å²) in [5.74, 6) is 1.15. The highest BCUT2D eigenvalue weighted by Crippen LogP contribution is 2.21. The van der Waals surface area contributed by atoms with Gasteiger partial charge in [0.05, 0.1) is 22.0 Å². The van der Waals surface area contributed by atoms with Crippen LogP contribution in [0.2, 0.25) is 5.02 Å². The van der Waals surface area contributed by atoms with Gasteiger partial charge in [0.25, 0.3) is 0 Å². The van der Waals surface area contributed by atoms with E-state index < -0.39 is 6.03 Å². The van der Waals surface area contributed by atoms with Crippen LogP contribution in [0.3, 0.4) is 0 Å². The number of rotatable bonds is 4. The Morgan fingerprint density at radius 2 is 2.29 bits per heavy atom. The molecule has 24 heavy (non-hydrogen) atoms. The van der Waals surface area contributed by atoms with Crippen LogP contribution < -0.4 is 10.6 Å². The molecule has 0 aliphatic rings. The van der Waals surface area contributed by atoms with Crippen molar-refractivity contribution in [3.63, 3.8) is 0 Å². The molecular weight excluding hydrogens is 348 g/mol. The summed E-state index contributed by atoms with van der Waals surface area (Å²) in [5, 5.41) is 23.2. The van der Waals surface area contributed by atoms with Crippen molar-refractivity contribution in [2.45, 2.75) is 6.54 Å². The molecule has 0 saturated carbocycles. The largest absolute Gasteiger partial charge is 0.331 e. The summed E-state index contributed by atoms with van der Waals surface area (Å²) < 4.78 is 0. The number of anilines is 1. The van der Waals surface area contributed by atoms with Crippen LogP contribution in [0, 0.1) is 11.3 Å². The van der Waals surface area contributed by atoms with Crippen LogP contribution in [0.4, 0.5) is 10.5 Å². The number of nitrogens with one attached hydrogen (secondary N) is 3. The highest BCUT2D eigenvalue weighted by molar-refractivity contribution is 7.13.